The Morgan fingerprint density at radius 1 is 1.37 bits per heavy atom. The topological polar surface area (TPSA) is 67.4 Å². The summed E-state index contributed by atoms with van der Waals surface area (Å²) < 4.78 is 4.77. The van der Waals surface area contributed by atoms with E-state index in [1.54, 1.807) is 32.2 Å². The molecular formula is C13H20N2O3S. The van der Waals surface area contributed by atoms with E-state index in [9.17, 15) is 9.59 Å². The van der Waals surface area contributed by atoms with Crippen molar-refractivity contribution in [2.45, 2.75) is 26.8 Å². The number of thiocarbonyl (C=S) groups is 1. The molecule has 6 heteroatoms. The largest absolute Gasteiger partial charge is 0.464 e. The van der Waals surface area contributed by atoms with Crippen molar-refractivity contribution in [3.05, 3.63) is 24.4 Å². The number of nitrogens with one attached hydrogen (secondary N) is 2. The Bertz CT molecular complexity index is 378. The Morgan fingerprint density at radius 2 is 2.05 bits per heavy atom. The Labute approximate surface area is 119 Å². The van der Waals surface area contributed by atoms with E-state index in [4.69, 9.17) is 17.0 Å². The molecule has 0 aromatic rings. The number of allylic oxidation sites excluding steroid dienone is 2. The third kappa shape index (κ3) is 9.96. The van der Waals surface area contributed by atoms with E-state index in [1.165, 1.54) is 6.08 Å². The average molecular weight is 284 g/mol. The molecule has 0 aromatic heterocycles. The molecule has 0 aliphatic rings. The monoisotopic (exact) mass is 284 g/mol. The first-order chi connectivity index (χ1) is 8.97. The van der Waals surface area contributed by atoms with Gasteiger partial charge in [0.1, 0.15) is 6.04 Å². The van der Waals surface area contributed by atoms with Crippen LogP contribution in [0.3, 0.4) is 0 Å². The maximum atomic E-state index is 11.4. The number of esters is 1. The number of amides is 1. The van der Waals surface area contributed by atoms with Crippen LogP contribution in [0.4, 0.5) is 0 Å². The van der Waals surface area contributed by atoms with Crippen molar-refractivity contribution in [3.63, 3.8) is 0 Å². The minimum atomic E-state index is -0.656. The fourth-order valence-electron chi connectivity index (χ4n) is 1.06. The summed E-state index contributed by atoms with van der Waals surface area (Å²) in [6.45, 7) is 6.04. The van der Waals surface area contributed by atoms with Gasteiger partial charge in [-0.05, 0) is 33.0 Å². The van der Waals surface area contributed by atoms with Gasteiger partial charge in [-0.1, -0.05) is 18.3 Å². The van der Waals surface area contributed by atoms with Gasteiger partial charge in [-0.2, -0.15) is 0 Å². The maximum absolute atomic E-state index is 11.4. The van der Waals surface area contributed by atoms with Crippen LogP contribution in [0.5, 0.6) is 0 Å². The van der Waals surface area contributed by atoms with E-state index in [0.717, 1.165) is 4.86 Å². The Morgan fingerprint density at radius 3 is 2.63 bits per heavy atom. The number of hydrogen-bond acceptors (Lipinski definition) is 5. The summed E-state index contributed by atoms with van der Waals surface area (Å²) in [6, 6.07) is -0.656. The summed E-state index contributed by atoms with van der Waals surface area (Å²) in [5.41, 5.74) is 0. The fourth-order valence-corrected chi connectivity index (χ4v) is 1.14. The quantitative estimate of drug-likeness (QED) is 0.302. The molecule has 0 spiro atoms. The van der Waals surface area contributed by atoms with Crippen LogP contribution >= 0.6 is 12.2 Å². The molecule has 0 saturated carbocycles. The van der Waals surface area contributed by atoms with Crippen molar-refractivity contribution in [3.8, 4) is 0 Å². The smallest absolute Gasteiger partial charge is 0.328 e. The van der Waals surface area contributed by atoms with Gasteiger partial charge in [0.15, 0.2) is 0 Å². The van der Waals surface area contributed by atoms with Crippen LogP contribution < -0.4 is 10.6 Å². The fraction of sp³-hybridized carbons (Fsp3) is 0.462. The maximum Gasteiger partial charge on any atom is 0.328 e. The van der Waals surface area contributed by atoms with Crippen molar-refractivity contribution < 1.29 is 14.3 Å². The number of rotatable bonds is 8. The molecule has 19 heavy (non-hydrogen) atoms. The van der Waals surface area contributed by atoms with Crippen LogP contribution in [0.2, 0.25) is 0 Å². The van der Waals surface area contributed by atoms with Crippen molar-refractivity contribution in [2.75, 3.05) is 13.2 Å². The van der Waals surface area contributed by atoms with Gasteiger partial charge >= 0.3 is 5.97 Å². The highest BCUT2D eigenvalue weighted by molar-refractivity contribution is 7.80. The highest BCUT2D eigenvalue weighted by Crippen LogP contribution is 1.88. The van der Waals surface area contributed by atoms with Gasteiger partial charge in [0.25, 0.3) is 0 Å². The van der Waals surface area contributed by atoms with Crippen LogP contribution in [0, 0.1) is 0 Å². The minimum Gasteiger partial charge on any atom is -0.464 e. The third-order valence-electron chi connectivity index (χ3n) is 1.92. The number of ether oxygens (including phenoxy) is 1. The first kappa shape index (κ1) is 17.3. The van der Waals surface area contributed by atoms with Crippen LogP contribution in [0.15, 0.2) is 24.4 Å². The van der Waals surface area contributed by atoms with Gasteiger partial charge in [-0.3, -0.25) is 4.79 Å². The van der Waals surface area contributed by atoms with E-state index in [-0.39, 0.29) is 5.91 Å². The van der Waals surface area contributed by atoms with E-state index in [2.05, 4.69) is 10.6 Å². The second kappa shape index (κ2) is 10.3. The molecule has 0 bridgehead atoms. The molecule has 0 saturated heterocycles. The molecule has 2 N–H and O–H groups in total. The summed E-state index contributed by atoms with van der Waals surface area (Å²) >= 11 is 4.89. The SMILES string of the molecule is CCOC(=O)C(C)NC(=O)/C=C/C=C\NCC(C)=S. The summed E-state index contributed by atoms with van der Waals surface area (Å²) in [4.78, 5) is 23.5. The molecule has 0 aromatic carbocycles. The third-order valence-corrected chi connectivity index (χ3v) is 2.07. The second-order valence-corrected chi connectivity index (χ2v) is 4.48. The molecule has 0 fully saturated rings. The van der Waals surface area contributed by atoms with Gasteiger partial charge in [0.2, 0.25) is 5.91 Å². The molecule has 0 rings (SSSR count). The van der Waals surface area contributed by atoms with Crippen LogP contribution in [-0.2, 0) is 14.3 Å². The van der Waals surface area contributed by atoms with E-state index in [0.29, 0.717) is 13.2 Å². The molecule has 1 unspecified atom stereocenters. The van der Waals surface area contributed by atoms with E-state index < -0.39 is 12.0 Å². The zero-order chi connectivity index (χ0) is 14.7. The zero-order valence-electron chi connectivity index (χ0n) is 11.4. The normalized spacial score (nSPS) is 12.4. The molecular weight excluding hydrogens is 264 g/mol. The molecule has 0 aliphatic carbocycles. The minimum absolute atomic E-state index is 0.294. The van der Waals surface area contributed by atoms with E-state index in [1.807, 2.05) is 6.92 Å². The number of carbonyl (C=O) groups excluding carboxylic acids is 2. The lowest BCUT2D eigenvalue weighted by Gasteiger charge is -2.10. The van der Waals surface area contributed by atoms with E-state index >= 15 is 0 Å². The number of carbonyl (C=O) groups is 2. The van der Waals surface area contributed by atoms with Gasteiger partial charge in [-0.15, -0.1) is 0 Å². The van der Waals surface area contributed by atoms with Gasteiger partial charge in [0.05, 0.1) is 6.61 Å². The molecule has 0 aliphatic heterocycles. The Kier molecular flexibility index (Phi) is 9.34. The number of hydrogen-bond donors (Lipinski definition) is 2. The van der Waals surface area contributed by atoms with Crippen LogP contribution in [0.1, 0.15) is 20.8 Å². The zero-order valence-corrected chi connectivity index (χ0v) is 12.3. The van der Waals surface area contributed by atoms with Crippen LogP contribution in [-0.4, -0.2) is 35.9 Å². The lowest BCUT2D eigenvalue weighted by atomic mass is 10.3. The van der Waals surface area contributed by atoms with Crippen molar-refractivity contribution >= 4 is 29.0 Å². The lowest BCUT2D eigenvalue weighted by molar-refractivity contribution is -0.146. The first-order valence-corrected chi connectivity index (χ1v) is 6.41. The standard InChI is InChI=1S/C13H20N2O3S/c1-4-18-13(17)11(3)15-12(16)7-5-6-8-14-9-10(2)19/h5-8,11,14H,4,9H2,1-3H3,(H,15,16)/b7-5+,8-6-. The average Bonchev–Trinajstić information content (AvgIpc) is 2.33. The summed E-state index contributed by atoms with van der Waals surface area (Å²) in [5.74, 6) is -0.797. The first-order valence-electron chi connectivity index (χ1n) is 6.00. The second-order valence-electron chi connectivity index (χ2n) is 3.78. The van der Waals surface area contributed by atoms with Gasteiger partial charge in [0, 0.05) is 17.5 Å². The molecule has 5 nitrogen and oxygen atoms in total. The summed E-state index contributed by atoms with van der Waals surface area (Å²) in [5, 5.41) is 5.45. The predicted molar refractivity (Wildman–Crippen MR) is 78.8 cm³/mol. The van der Waals surface area contributed by atoms with Crippen molar-refractivity contribution in [1.29, 1.82) is 0 Å². The van der Waals surface area contributed by atoms with Crippen molar-refractivity contribution in [2.24, 2.45) is 0 Å². The predicted octanol–water partition coefficient (Wildman–Crippen LogP) is 1.10. The van der Waals surface area contributed by atoms with Gasteiger partial charge in [-0.25, -0.2) is 4.79 Å². The summed E-state index contributed by atoms with van der Waals surface area (Å²) in [6.07, 6.45) is 6.26. The molecule has 1 atom stereocenters. The van der Waals surface area contributed by atoms with Crippen LogP contribution in [0.25, 0.3) is 0 Å². The van der Waals surface area contributed by atoms with Gasteiger partial charge < -0.3 is 15.4 Å². The van der Waals surface area contributed by atoms with Crippen molar-refractivity contribution in [1.82, 2.24) is 10.6 Å². The Hall–Kier alpha value is -1.69. The highest BCUT2D eigenvalue weighted by Gasteiger charge is 2.14. The highest BCUT2D eigenvalue weighted by atomic mass is 32.1. The molecule has 0 heterocycles. The molecule has 1 amide bonds. The summed E-state index contributed by atoms with van der Waals surface area (Å²) in [7, 11) is 0. The Balaban J connectivity index is 3.96. The lowest BCUT2D eigenvalue weighted by Crippen LogP contribution is -2.38. The molecule has 0 radical (unpaired) electrons. The molecule has 106 valence electrons.